The van der Waals surface area contributed by atoms with E-state index in [-0.39, 0.29) is 19.4 Å². The fraction of sp³-hybridized carbons (Fsp3) is 0.800. The van der Waals surface area contributed by atoms with Gasteiger partial charge >= 0.3 is 5.97 Å². The zero-order valence-electron chi connectivity index (χ0n) is 10.2. The van der Waals surface area contributed by atoms with Gasteiger partial charge in [-0.2, -0.15) is 0 Å². The number of hydrogen-bond acceptors (Lipinski definition) is 8. The lowest BCUT2D eigenvalue weighted by molar-refractivity contribution is -0.171. The molecule has 0 aliphatic rings. The Bertz CT molecular complexity index is 310. The third kappa shape index (κ3) is 5.19. The number of carbonyl (C=O) groups is 2. The molecule has 19 heavy (non-hydrogen) atoms. The van der Waals surface area contributed by atoms with Crippen molar-refractivity contribution in [3.8, 4) is 0 Å². The molecule has 0 aromatic carbocycles. The Morgan fingerprint density at radius 3 is 2.16 bits per heavy atom. The van der Waals surface area contributed by atoms with Crippen molar-refractivity contribution >= 4 is 11.8 Å². The Balaban J connectivity index is 4.69. The van der Waals surface area contributed by atoms with Gasteiger partial charge in [-0.1, -0.05) is 0 Å². The first kappa shape index (κ1) is 17.9. The Hall–Kier alpha value is -1.10. The molecule has 0 radical (unpaired) electrons. The number of carboxylic acid groups (broad SMARTS) is 1. The molecule has 7 N–H and O–H groups in total. The van der Waals surface area contributed by atoms with Crippen molar-refractivity contribution in [3.63, 3.8) is 0 Å². The number of rotatable bonds is 10. The zero-order valence-corrected chi connectivity index (χ0v) is 10.2. The van der Waals surface area contributed by atoms with Gasteiger partial charge in [0.2, 0.25) is 11.5 Å². The Morgan fingerprint density at radius 1 is 1.16 bits per heavy atom. The summed E-state index contributed by atoms with van der Waals surface area (Å²) < 4.78 is 0. The number of carboxylic acids is 1. The van der Waals surface area contributed by atoms with Crippen LogP contribution in [0.25, 0.3) is 0 Å². The molecule has 0 rings (SSSR count). The molecule has 0 aliphatic heterocycles. The number of aliphatic hydroxyl groups excluding tert-OH is 4. The lowest BCUT2D eigenvalue weighted by Gasteiger charge is -2.32. The molecular weight excluding hydrogens is 262 g/mol. The quantitative estimate of drug-likeness (QED) is 0.158. The number of nitrogens with one attached hydrogen (secondary N) is 1. The van der Waals surface area contributed by atoms with Crippen molar-refractivity contribution in [2.24, 2.45) is 0 Å². The summed E-state index contributed by atoms with van der Waals surface area (Å²) in [6.07, 6.45) is -4.03. The first-order chi connectivity index (χ1) is 8.79. The molecule has 0 heterocycles. The molecule has 3 atom stereocenters. The van der Waals surface area contributed by atoms with Crippen LogP contribution in [-0.4, -0.2) is 80.1 Å². The zero-order chi connectivity index (χ0) is 15.1. The van der Waals surface area contributed by atoms with Gasteiger partial charge < -0.3 is 30.6 Å². The molecule has 9 nitrogen and oxygen atoms in total. The molecule has 0 saturated carbocycles. The van der Waals surface area contributed by atoms with Crippen molar-refractivity contribution in [3.05, 3.63) is 0 Å². The highest BCUT2D eigenvalue weighted by Crippen LogP contribution is 2.12. The standard InChI is InChI=1S/C10H19NO8/c12-4-6(14)9(18)10(19,7(15)5-13)11-3-1-2-8(16)17/h6-7,11-15,19H,1-5H2,(H,16,17)/t6-,7+,10-/m0/s1. The van der Waals surface area contributed by atoms with Crippen LogP contribution in [0.4, 0.5) is 0 Å². The molecular formula is C10H19NO8. The van der Waals surface area contributed by atoms with Gasteiger partial charge in [-0.3, -0.25) is 14.9 Å². The maximum absolute atomic E-state index is 11.6. The molecule has 0 aromatic rings. The lowest BCUT2D eigenvalue weighted by Crippen LogP contribution is -2.64. The van der Waals surface area contributed by atoms with Gasteiger partial charge in [0.05, 0.1) is 13.2 Å². The summed E-state index contributed by atoms with van der Waals surface area (Å²) in [7, 11) is 0. The van der Waals surface area contributed by atoms with Crippen LogP contribution in [0.3, 0.4) is 0 Å². The SMILES string of the molecule is O=C(O)CCCN[C@@](O)(C(=O)[C@@H](O)CO)[C@H](O)CO. The van der Waals surface area contributed by atoms with Crippen molar-refractivity contribution in [1.82, 2.24) is 5.32 Å². The monoisotopic (exact) mass is 281 g/mol. The molecule has 112 valence electrons. The van der Waals surface area contributed by atoms with Crippen molar-refractivity contribution in [1.29, 1.82) is 0 Å². The van der Waals surface area contributed by atoms with E-state index < -0.39 is 42.9 Å². The molecule has 0 unspecified atom stereocenters. The average molecular weight is 281 g/mol. The van der Waals surface area contributed by atoms with Crippen LogP contribution in [0.2, 0.25) is 0 Å². The fourth-order valence-corrected chi connectivity index (χ4v) is 1.36. The first-order valence-corrected chi connectivity index (χ1v) is 5.61. The molecule has 0 fully saturated rings. The van der Waals surface area contributed by atoms with Gasteiger partial charge in [-0.05, 0) is 13.0 Å². The third-order valence-corrected chi connectivity index (χ3v) is 2.47. The van der Waals surface area contributed by atoms with E-state index in [4.69, 9.17) is 20.4 Å². The van der Waals surface area contributed by atoms with Crippen LogP contribution >= 0.6 is 0 Å². The van der Waals surface area contributed by atoms with E-state index in [1.807, 2.05) is 0 Å². The number of hydrogen-bond donors (Lipinski definition) is 7. The van der Waals surface area contributed by atoms with Crippen LogP contribution in [-0.2, 0) is 9.59 Å². The topological polar surface area (TPSA) is 168 Å². The van der Waals surface area contributed by atoms with Gasteiger partial charge in [-0.15, -0.1) is 0 Å². The second-order valence-electron chi connectivity index (χ2n) is 3.95. The van der Waals surface area contributed by atoms with Gasteiger partial charge in [0.1, 0.15) is 12.2 Å². The number of ketones is 1. The second-order valence-corrected chi connectivity index (χ2v) is 3.95. The van der Waals surface area contributed by atoms with Gasteiger partial charge in [0.25, 0.3) is 0 Å². The summed E-state index contributed by atoms with van der Waals surface area (Å²) in [5, 5.41) is 56.5. The van der Waals surface area contributed by atoms with E-state index in [0.717, 1.165) is 0 Å². The van der Waals surface area contributed by atoms with Crippen LogP contribution in [0.1, 0.15) is 12.8 Å². The average Bonchev–Trinajstić information content (AvgIpc) is 2.40. The molecule has 0 aromatic heterocycles. The first-order valence-electron chi connectivity index (χ1n) is 5.61. The van der Waals surface area contributed by atoms with E-state index >= 15 is 0 Å². The third-order valence-electron chi connectivity index (χ3n) is 2.47. The van der Waals surface area contributed by atoms with Gasteiger partial charge in [0, 0.05) is 6.42 Å². The Kier molecular flexibility index (Phi) is 7.68. The number of aliphatic hydroxyl groups is 5. The summed E-state index contributed by atoms with van der Waals surface area (Å²) in [4.78, 5) is 21.9. The van der Waals surface area contributed by atoms with Crippen LogP contribution in [0.15, 0.2) is 0 Å². The van der Waals surface area contributed by atoms with E-state index in [0.29, 0.717) is 0 Å². The maximum Gasteiger partial charge on any atom is 0.303 e. The summed E-state index contributed by atoms with van der Waals surface area (Å²) >= 11 is 0. The largest absolute Gasteiger partial charge is 0.481 e. The van der Waals surface area contributed by atoms with E-state index in [9.17, 15) is 19.8 Å². The number of carbonyl (C=O) groups excluding carboxylic acids is 1. The maximum atomic E-state index is 11.6. The smallest absolute Gasteiger partial charge is 0.303 e. The second kappa shape index (κ2) is 8.15. The van der Waals surface area contributed by atoms with Crippen LogP contribution in [0.5, 0.6) is 0 Å². The molecule has 0 saturated heterocycles. The fourth-order valence-electron chi connectivity index (χ4n) is 1.36. The number of Topliss-reactive ketones (excluding diaryl/α,β-unsaturated/α-hetero) is 1. The van der Waals surface area contributed by atoms with Crippen molar-refractivity contribution < 1.29 is 40.2 Å². The Labute approximate surface area is 109 Å². The van der Waals surface area contributed by atoms with Crippen LogP contribution in [0, 0.1) is 0 Å². The summed E-state index contributed by atoms with van der Waals surface area (Å²) in [6, 6.07) is 0. The lowest BCUT2D eigenvalue weighted by atomic mass is 9.97. The van der Waals surface area contributed by atoms with Gasteiger partial charge in [0.15, 0.2) is 0 Å². The normalized spacial score (nSPS) is 17.5. The van der Waals surface area contributed by atoms with Crippen LogP contribution < -0.4 is 5.32 Å². The van der Waals surface area contributed by atoms with Gasteiger partial charge in [-0.25, -0.2) is 0 Å². The predicted molar refractivity (Wildman–Crippen MR) is 61.0 cm³/mol. The highest BCUT2D eigenvalue weighted by atomic mass is 16.4. The summed E-state index contributed by atoms with van der Waals surface area (Å²) in [5.41, 5.74) is -2.66. The molecule has 0 spiro atoms. The van der Waals surface area contributed by atoms with E-state index in [1.165, 1.54) is 0 Å². The van der Waals surface area contributed by atoms with Crippen molar-refractivity contribution in [2.75, 3.05) is 19.8 Å². The predicted octanol–water partition coefficient (Wildman–Crippen LogP) is -3.60. The number of aliphatic carboxylic acids is 1. The highest BCUT2D eigenvalue weighted by molar-refractivity contribution is 5.91. The summed E-state index contributed by atoms with van der Waals surface area (Å²) in [6.45, 7) is -2.08. The molecule has 9 heteroatoms. The molecule has 0 amide bonds. The minimum absolute atomic E-state index is 0.0539. The highest BCUT2D eigenvalue weighted by Gasteiger charge is 2.45. The minimum Gasteiger partial charge on any atom is -0.481 e. The van der Waals surface area contributed by atoms with Crippen molar-refractivity contribution in [2.45, 2.75) is 30.8 Å². The molecule has 0 aliphatic carbocycles. The van der Waals surface area contributed by atoms with E-state index in [2.05, 4.69) is 5.32 Å². The van der Waals surface area contributed by atoms with E-state index in [1.54, 1.807) is 0 Å². The Morgan fingerprint density at radius 2 is 1.74 bits per heavy atom. The summed E-state index contributed by atoms with van der Waals surface area (Å²) in [5.74, 6) is -2.39. The minimum atomic E-state index is -2.66. The molecule has 0 bridgehead atoms.